The zero-order chi connectivity index (χ0) is 25.8. The number of rotatable bonds is 5. The Bertz CT molecular complexity index is 1300. The number of carbonyl (C=O) groups is 3. The lowest BCUT2D eigenvalue weighted by Crippen LogP contribution is -2.21. The van der Waals surface area contributed by atoms with Crippen LogP contribution in [0.4, 0.5) is 39.8 Å². The summed E-state index contributed by atoms with van der Waals surface area (Å²) in [7, 11) is 1.49. The molecule has 0 saturated heterocycles. The number of urea groups is 1. The van der Waals surface area contributed by atoms with Gasteiger partial charge < -0.3 is 21.1 Å². The summed E-state index contributed by atoms with van der Waals surface area (Å²) in [6.45, 7) is 0. The van der Waals surface area contributed by atoms with E-state index in [1.165, 1.54) is 25.2 Å². The SMILES string of the molecule is CNC(=O)c1cccc(-c2ccc(NC(=O)Nc3ccc(Cl)c(C(F)(F)F)c3)c(NC(=O)O)c2)c1. The molecular weight excluding hydrogens is 489 g/mol. The number of hydrogen-bond acceptors (Lipinski definition) is 3. The van der Waals surface area contributed by atoms with Crippen molar-refractivity contribution in [1.82, 2.24) is 5.32 Å². The number of amides is 4. The van der Waals surface area contributed by atoms with Gasteiger partial charge in [0, 0.05) is 18.3 Å². The zero-order valence-electron chi connectivity index (χ0n) is 18.0. The predicted molar refractivity (Wildman–Crippen MR) is 126 cm³/mol. The summed E-state index contributed by atoms with van der Waals surface area (Å²) in [5, 5.41) is 18.0. The monoisotopic (exact) mass is 506 g/mol. The molecule has 4 amide bonds. The van der Waals surface area contributed by atoms with Crippen molar-refractivity contribution in [2.45, 2.75) is 6.18 Å². The third-order valence-corrected chi connectivity index (χ3v) is 5.05. The minimum atomic E-state index is -4.71. The van der Waals surface area contributed by atoms with Gasteiger partial charge in [0.15, 0.2) is 0 Å². The molecule has 0 spiro atoms. The van der Waals surface area contributed by atoms with Crippen LogP contribution in [-0.4, -0.2) is 30.2 Å². The van der Waals surface area contributed by atoms with Crippen molar-refractivity contribution in [3.05, 3.63) is 76.8 Å². The highest BCUT2D eigenvalue weighted by atomic mass is 35.5. The molecule has 3 aromatic rings. The van der Waals surface area contributed by atoms with Crippen LogP contribution in [0, 0.1) is 0 Å². The van der Waals surface area contributed by atoms with E-state index in [1.54, 1.807) is 30.3 Å². The van der Waals surface area contributed by atoms with Gasteiger partial charge >= 0.3 is 18.3 Å². The van der Waals surface area contributed by atoms with Gasteiger partial charge in [-0.3, -0.25) is 10.1 Å². The molecule has 35 heavy (non-hydrogen) atoms. The van der Waals surface area contributed by atoms with Crippen molar-refractivity contribution in [2.75, 3.05) is 23.0 Å². The first-order chi connectivity index (χ1) is 16.5. The molecule has 5 N–H and O–H groups in total. The van der Waals surface area contributed by atoms with E-state index in [1.807, 2.05) is 0 Å². The number of anilines is 3. The van der Waals surface area contributed by atoms with Gasteiger partial charge in [0.05, 0.1) is 22.0 Å². The van der Waals surface area contributed by atoms with Crippen molar-refractivity contribution >= 4 is 46.7 Å². The number of halogens is 4. The third-order valence-electron chi connectivity index (χ3n) is 4.72. The molecule has 0 atom stereocenters. The Balaban J connectivity index is 1.86. The maximum atomic E-state index is 13.1. The second-order valence-corrected chi connectivity index (χ2v) is 7.53. The molecule has 3 aromatic carbocycles. The maximum absolute atomic E-state index is 13.1. The van der Waals surface area contributed by atoms with E-state index < -0.39 is 28.9 Å². The van der Waals surface area contributed by atoms with E-state index in [2.05, 4.69) is 21.3 Å². The predicted octanol–water partition coefficient (Wildman–Crippen LogP) is 6.12. The normalized spacial score (nSPS) is 10.9. The second-order valence-electron chi connectivity index (χ2n) is 7.12. The molecule has 0 heterocycles. The van der Waals surface area contributed by atoms with Crippen LogP contribution in [0.1, 0.15) is 15.9 Å². The number of benzene rings is 3. The molecule has 0 bridgehead atoms. The molecule has 0 aliphatic rings. The molecule has 0 saturated carbocycles. The number of nitrogens with one attached hydrogen (secondary N) is 4. The Morgan fingerprint density at radius 1 is 0.857 bits per heavy atom. The third kappa shape index (κ3) is 6.42. The standard InChI is InChI=1S/C23H18ClF3N4O4/c1-28-20(32)14-4-2-3-12(9-14)13-5-8-18(19(10-13)31-22(34)35)30-21(33)29-15-6-7-17(24)16(11-15)23(25,26)27/h2-11,31H,1H3,(H,28,32)(H,34,35)(H2,29,30,33). The van der Waals surface area contributed by atoms with E-state index in [4.69, 9.17) is 11.6 Å². The van der Waals surface area contributed by atoms with Gasteiger partial charge in [-0.2, -0.15) is 13.2 Å². The first-order valence-electron chi connectivity index (χ1n) is 9.89. The van der Waals surface area contributed by atoms with Gasteiger partial charge in [0.1, 0.15) is 0 Å². The van der Waals surface area contributed by atoms with E-state index >= 15 is 0 Å². The maximum Gasteiger partial charge on any atom is 0.417 e. The van der Waals surface area contributed by atoms with Gasteiger partial charge in [-0.1, -0.05) is 29.8 Å². The van der Waals surface area contributed by atoms with Crippen LogP contribution < -0.4 is 21.3 Å². The van der Waals surface area contributed by atoms with Crippen LogP contribution in [0.15, 0.2) is 60.7 Å². The van der Waals surface area contributed by atoms with E-state index in [0.29, 0.717) is 22.8 Å². The summed E-state index contributed by atoms with van der Waals surface area (Å²) >= 11 is 5.58. The van der Waals surface area contributed by atoms with Gasteiger partial charge in [-0.25, -0.2) is 9.59 Å². The Labute approximate surface area is 202 Å². The number of alkyl halides is 3. The highest BCUT2D eigenvalue weighted by Crippen LogP contribution is 2.36. The molecular formula is C23H18ClF3N4O4. The quantitative estimate of drug-likeness (QED) is 0.286. The fourth-order valence-corrected chi connectivity index (χ4v) is 3.37. The van der Waals surface area contributed by atoms with Gasteiger partial charge in [0.2, 0.25) is 0 Å². The highest BCUT2D eigenvalue weighted by molar-refractivity contribution is 6.31. The van der Waals surface area contributed by atoms with E-state index in [0.717, 1.165) is 6.07 Å². The summed E-state index contributed by atoms with van der Waals surface area (Å²) in [6.07, 6.45) is -6.12. The van der Waals surface area contributed by atoms with Crippen LogP contribution in [0.2, 0.25) is 5.02 Å². The molecule has 0 aliphatic carbocycles. The summed E-state index contributed by atoms with van der Waals surface area (Å²) in [5.74, 6) is -0.304. The van der Waals surface area contributed by atoms with Crippen LogP contribution >= 0.6 is 11.6 Å². The number of carbonyl (C=O) groups excluding carboxylic acids is 2. The largest absolute Gasteiger partial charge is 0.465 e. The summed E-state index contributed by atoms with van der Waals surface area (Å²) < 4.78 is 39.2. The van der Waals surface area contributed by atoms with Gasteiger partial charge in [-0.05, 0) is 53.6 Å². The van der Waals surface area contributed by atoms with E-state index in [9.17, 15) is 32.7 Å². The average molecular weight is 507 g/mol. The fourth-order valence-electron chi connectivity index (χ4n) is 3.14. The molecule has 0 aromatic heterocycles. The molecule has 0 fully saturated rings. The minimum Gasteiger partial charge on any atom is -0.465 e. The smallest absolute Gasteiger partial charge is 0.417 e. The van der Waals surface area contributed by atoms with Gasteiger partial charge in [0.25, 0.3) is 5.91 Å². The molecule has 12 heteroatoms. The molecule has 0 aliphatic heterocycles. The lowest BCUT2D eigenvalue weighted by atomic mass is 10.0. The van der Waals surface area contributed by atoms with Crippen molar-refractivity contribution in [2.24, 2.45) is 0 Å². The first kappa shape index (κ1) is 25.4. The average Bonchev–Trinajstić information content (AvgIpc) is 2.80. The zero-order valence-corrected chi connectivity index (χ0v) is 18.7. The van der Waals surface area contributed by atoms with Crippen molar-refractivity contribution < 1.29 is 32.7 Å². The van der Waals surface area contributed by atoms with Crippen LogP contribution in [-0.2, 0) is 6.18 Å². The summed E-state index contributed by atoms with van der Waals surface area (Å²) in [6, 6.07) is 13.0. The van der Waals surface area contributed by atoms with Crippen molar-refractivity contribution in [3.8, 4) is 11.1 Å². The first-order valence-corrected chi connectivity index (χ1v) is 10.3. The van der Waals surface area contributed by atoms with Crippen molar-refractivity contribution in [1.29, 1.82) is 0 Å². The highest BCUT2D eigenvalue weighted by Gasteiger charge is 2.33. The summed E-state index contributed by atoms with van der Waals surface area (Å²) in [4.78, 5) is 35.6. The Hall–Kier alpha value is -4.25. The second kappa shape index (κ2) is 10.3. The number of hydrogen-bond donors (Lipinski definition) is 5. The number of carboxylic acid groups (broad SMARTS) is 1. The Morgan fingerprint density at radius 3 is 2.23 bits per heavy atom. The van der Waals surface area contributed by atoms with E-state index in [-0.39, 0.29) is 23.0 Å². The van der Waals surface area contributed by atoms with Crippen LogP contribution in [0.5, 0.6) is 0 Å². The molecule has 8 nitrogen and oxygen atoms in total. The fraction of sp³-hybridized carbons (Fsp3) is 0.0870. The van der Waals surface area contributed by atoms with Gasteiger partial charge in [-0.15, -0.1) is 0 Å². The Kier molecular flexibility index (Phi) is 7.50. The molecule has 0 unspecified atom stereocenters. The Morgan fingerprint density at radius 2 is 1.57 bits per heavy atom. The van der Waals surface area contributed by atoms with Crippen LogP contribution in [0.25, 0.3) is 11.1 Å². The molecule has 0 radical (unpaired) electrons. The molecule has 182 valence electrons. The van der Waals surface area contributed by atoms with Crippen LogP contribution in [0.3, 0.4) is 0 Å². The lowest BCUT2D eigenvalue weighted by molar-refractivity contribution is -0.137. The minimum absolute atomic E-state index is 0.00239. The summed E-state index contributed by atoms with van der Waals surface area (Å²) in [5.41, 5.74) is 0.293. The lowest BCUT2D eigenvalue weighted by Gasteiger charge is -2.15. The molecule has 3 rings (SSSR count). The van der Waals surface area contributed by atoms with Crippen molar-refractivity contribution in [3.63, 3.8) is 0 Å². The topological polar surface area (TPSA) is 120 Å².